The van der Waals surface area contributed by atoms with Gasteiger partial charge in [0.25, 0.3) is 10.0 Å². The topological polar surface area (TPSA) is 101 Å². The normalized spacial score (nSPS) is 11.7. The molecule has 0 atom stereocenters. The van der Waals surface area contributed by atoms with E-state index in [1.165, 1.54) is 0 Å². The monoisotopic (exact) mass is 323 g/mol. The van der Waals surface area contributed by atoms with Crippen molar-refractivity contribution in [2.45, 2.75) is 11.8 Å². The number of aromatic amines is 1. The number of fused-ring (bicyclic) bond motifs is 1. The highest BCUT2D eigenvalue weighted by molar-refractivity contribution is 7.92. The Balaban J connectivity index is 1.94. The minimum absolute atomic E-state index is 0.0108. The van der Waals surface area contributed by atoms with E-state index >= 15 is 0 Å². The van der Waals surface area contributed by atoms with Crippen LogP contribution in [0.5, 0.6) is 0 Å². The van der Waals surface area contributed by atoms with Crippen LogP contribution in [0.4, 0.5) is 5.69 Å². The molecule has 7 nitrogen and oxygen atoms in total. The molecule has 0 saturated carbocycles. The molecule has 3 aromatic rings. The van der Waals surface area contributed by atoms with Gasteiger partial charge in [0, 0.05) is 0 Å². The number of halogens is 1. The van der Waals surface area contributed by atoms with Gasteiger partial charge in [0.1, 0.15) is 10.7 Å². The van der Waals surface area contributed by atoms with Crippen LogP contribution >= 0.6 is 11.6 Å². The van der Waals surface area contributed by atoms with Gasteiger partial charge in [-0.05, 0) is 36.7 Å². The number of rotatable bonds is 3. The van der Waals surface area contributed by atoms with Gasteiger partial charge in [-0.15, -0.1) is 0 Å². The number of hydrogen-bond acceptors (Lipinski definition) is 5. The standard InChI is InChI=1S/C12H10ClN5O2S/c1-7-16-10-3-2-8(4-11(10)17-7)18-21(19,20)9-5-14-12(13)15-6-9/h2-6,18H,1H3,(H,16,17). The van der Waals surface area contributed by atoms with Crippen LogP contribution in [0.2, 0.25) is 5.28 Å². The molecule has 108 valence electrons. The van der Waals surface area contributed by atoms with Crippen molar-refractivity contribution in [1.82, 2.24) is 19.9 Å². The van der Waals surface area contributed by atoms with E-state index in [2.05, 4.69) is 24.7 Å². The zero-order chi connectivity index (χ0) is 15.0. The fourth-order valence-electron chi connectivity index (χ4n) is 1.85. The number of nitrogens with zero attached hydrogens (tertiary/aromatic N) is 3. The van der Waals surface area contributed by atoms with Crippen molar-refractivity contribution in [3.05, 3.63) is 41.7 Å². The second-order valence-electron chi connectivity index (χ2n) is 4.35. The van der Waals surface area contributed by atoms with Crippen LogP contribution in [0.25, 0.3) is 11.0 Å². The van der Waals surface area contributed by atoms with E-state index in [-0.39, 0.29) is 10.2 Å². The number of imidazole rings is 1. The first-order valence-corrected chi connectivity index (χ1v) is 7.77. The maximum atomic E-state index is 12.2. The molecule has 0 amide bonds. The molecule has 3 rings (SSSR count). The van der Waals surface area contributed by atoms with Crippen molar-refractivity contribution >= 4 is 38.3 Å². The SMILES string of the molecule is Cc1nc2ccc(NS(=O)(=O)c3cnc(Cl)nc3)cc2[nH]1. The number of benzene rings is 1. The summed E-state index contributed by atoms with van der Waals surface area (Å²) in [5, 5.41) is -0.0108. The molecule has 0 radical (unpaired) electrons. The molecule has 0 bridgehead atoms. The molecular formula is C12H10ClN5O2S. The molecule has 2 heterocycles. The Morgan fingerprint density at radius 1 is 1.24 bits per heavy atom. The van der Waals surface area contributed by atoms with E-state index in [1.54, 1.807) is 18.2 Å². The van der Waals surface area contributed by atoms with Gasteiger partial charge in [-0.25, -0.2) is 23.4 Å². The third-order valence-corrected chi connectivity index (χ3v) is 4.29. The van der Waals surface area contributed by atoms with E-state index < -0.39 is 10.0 Å². The molecule has 0 aliphatic carbocycles. The minimum atomic E-state index is -3.76. The minimum Gasteiger partial charge on any atom is -0.342 e. The number of H-pyrrole nitrogens is 1. The quantitative estimate of drug-likeness (QED) is 0.719. The van der Waals surface area contributed by atoms with Crippen molar-refractivity contribution in [2.24, 2.45) is 0 Å². The van der Waals surface area contributed by atoms with Crippen molar-refractivity contribution in [1.29, 1.82) is 0 Å². The van der Waals surface area contributed by atoms with Crippen LogP contribution in [0.3, 0.4) is 0 Å². The molecule has 2 aromatic heterocycles. The van der Waals surface area contributed by atoms with Gasteiger partial charge in [0.15, 0.2) is 0 Å². The summed E-state index contributed by atoms with van der Waals surface area (Å²) < 4.78 is 26.8. The van der Waals surface area contributed by atoms with Gasteiger partial charge in [-0.3, -0.25) is 4.72 Å². The van der Waals surface area contributed by atoms with E-state index in [9.17, 15) is 8.42 Å². The number of anilines is 1. The van der Waals surface area contributed by atoms with Crippen LogP contribution in [0.1, 0.15) is 5.82 Å². The van der Waals surface area contributed by atoms with Crippen LogP contribution < -0.4 is 4.72 Å². The number of aryl methyl sites for hydroxylation is 1. The van der Waals surface area contributed by atoms with Crippen molar-refractivity contribution in [2.75, 3.05) is 4.72 Å². The fourth-order valence-corrected chi connectivity index (χ4v) is 2.89. The maximum Gasteiger partial charge on any atom is 0.264 e. The molecule has 2 N–H and O–H groups in total. The Labute approximate surface area is 125 Å². The summed E-state index contributed by atoms with van der Waals surface area (Å²) in [4.78, 5) is 14.6. The average Bonchev–Trinajstić information content (AvgIpc) is 2.78. The van der Waals surface area contributed by atoms with E-state index in [4.69, 9.17) is 11.6 Å². The molecule has 9 heteroatoms. The summed E-state index contributed by atoms with van der Waals surface area (Å²) in [6.07, 6.45) is 2.30. The molecule has 0 spiro atoms. The zero-order valence-electron chi connectivity index (χ0n) is 10.8. The van der Waals surface area contributed by atoms with Crippen LogP contribution in [-0.4, -0.2) is 28.4 Å². The van der Waals surface area contributed by atoms with Gasteiger partial charge in [-0.2, -0.15) is 0 Å². The second kappa shape index (κ2) is 4.97. The summed E-state index contributed by atoms with van der Waals surface area (Å²) in [7, 11) is -3.76. The van der Waals surface area contributed by atoms with E-state index in [1.807, 2.05) is 6.92 Å². The first kappa shape index (κ1) is 13.8. The molecule has 21 heavy (non-hydrogen) atoms. The molecule has 0 aliphatic heterocycles. The Hall–Kier alpha value is -2.19. The third kappa shape index (κ3) is 2.81. The summed E-state index contributed by atoms with van der Waals surface area (Å²) in [6, 6.07) is 5.04. The molecule has 1 aromatic carbocycles. The van der Waals surface area contributed by atoms with Gasteiger partial charge >= 0.3 is 0 Å². The van der Waals surface area contributed by atoms with Crippen molar-refractivity contribution in [3.8, 4) is 0 Å². The Morgan fingerprint density at radius 3 is 2.67 bits per heavy atom. The van der Waals surface area contributed by atoms with Crippen molar-refractivity contribution < 1.29 is 8.42 Å². The van der Waals surface area contributed by atoms with E-state index in [0.29, 0.717) is 5.69 Å². The number of hydrogen-bond donors (Lipinski definition) is 2. The molecular weight excluding hydrogens is 314 g/mol. The summed E-state index contributed by atoms with van der Waals surface area (Å²) in [6.45, 7) is 1.83. The average molecular weight is 324 g/mol. The summed E-state index contributed by atoms with van der Waals surface area (Å²) in [5.74, 6) is 0.760. The lowest BCUT2D eigenvalue weighted by atomic mass is 10.3. The number of nitrogens with one attached hydrogen (secondary N) is 2. The predicted octanol–water partition coefficient (Wildman–Crippen LogP) is 2.12. The van der Waals surface area contributed by atoms with Gasteiger partial charge in [0.2, 0.25) is 5.28 Å². The lowest BCUT2D eigenvalue weighted by Crippen LogP contribution is -2.13. The fraction of sp³-hybridized carbons (Fsp3) is 0.0833. The highest BCUT2D eigenvalue weighted by Gasteiger charge is 2.15. The van der Waals surface area contributed by atoms with Crippen LogP contribution in [0.15, 0.2) is 35.5 Å². The third-order valence-electron chi connectivity index (χ3n) is 2.76. The molecule has 0 aliphatic rings. The van der Waals surface area contributed by atoms with Gasteiger partial charge in [0.05, 0.1) is 29.1 Å². The lowest BCUT2D eigenvalue weighted by molar-refractivity contribution is 0.600. The Kier molecular flexibility index (Phi) is 3.26. The first-order chi connectivity index (χ1) is 9.94. The largest absolute Gasteiger partial charge is 0.342 e. The van der Waals surface area contributed by atoms with Gasteiger partial charge < -0.3 is 4.98 Å². The first-order valence-electron chi connectivity index (χ1n) is 5.91. The van der Waals surface area contributed by atoms with Crippen LogP contribution in [-0.2, 0) is 10.0 Å². The Bertz CT molecular complexity index is 905. The highest BCUT2D eigenvalue weighted by Crippen LogP contribution is 2.20. The summed E-state index contributed by atoms with van der Waals surface area (Å²) >= 11 is 5.54. The van der Waals surface area contributed by atoms with E-state index in [0.717, 1.165) is 29.3 Å². The predicted molar refractivity (Wildman–Crippen MR) is 78.7 cm³/mol. The molecule has 0 fully saturated rings. The smallest absolute Gasteiger partial charge is 0.264 e. The molecule has 0 saturated heterocycles. The second-order valence-corrected chi connectivity index (χ2v) is 6.37. The molecule has 0 unspecified atom stereocenters. The highest BCUT2D eigenvalue weighted by atomic mass is 35.5. The maximum absolute atomic E-state index is 12.2. The zero-order valence-corrected chi connectivity index (χ0v) is 12.4. The van der Waals surface area contributed by atoms with Gasteiger partial charge in [-0.1, -0.05) is 0 Å². The summed E-state index contributed by atoms with van der Waals surface area (Å²) in [5.41, 5.74) is 1.94. The Morgan fingerprint density at radius 2 is 1.95 bits per heavy atom. The van der Waals surface area contributed by atoms with Crippen LogP contribution in [0, 0.1) is 6.92 Å². The van der Waals surface area contributed by atoms with Crippen molar-refractivity contribution in [3.63, 3.8) is 0 Å². The number of sulfonamides is 1. The lowest BCUT2D eigenvalue weighted by Gasteiger charge is -2.07. The number of aromatic nitrogens is 4.